The molecule has 53 heavy (non-hydrogen) atoms. The highest BCUT2D eigenvalue weighted by Gasteiger charge is 2.50. The molecule has 0 aliphatic heterocycles. The van der Waals surface area contributed by atoms with Crippen LogP contribution in [0.15, 0.2) is 188 Å². The highest BCUT2D eigenvalue weighted by Crippen LogP contribution is 2.62. The fourth-order valence-electron chi connectivity index (χ4n) is 9.89. The molecule has 1 nitrogen and oxygen atoms in total. The number of nitrogens with zero attached hydrogens (tertiary/aromatic N) is 1. The average molecular weight is 682 g/mol. The third-order valence-electron chi connectivity index (χ3n) is 12.3. The zero-order valence-electron chi connectivity index (χ0n) is 30.3. The molecule has 1 saturated carbocycles. The van der Waals surface area contributed by atoms with Crippen molar-refractivity contribution in [2.75, 3.05) is 4.90 Å². The van der Waals surface area contributed by atoms with Gasteiger partial charge in [-0.25, -0.2) is 0 Å². The van der Waals surface area contributed by atoms with Gasteiger partial charge in [-0.15, -0.1) is 0 Å². The largest absolute Gasteiger partial charge is 0.311 e. The fraction of sp³-hybridized carbons (Fsp3) is 0.154. The van der Waals surface area contributed by atoms with Gasteiger partial charge < -0.3 is 4.90 Å². The van der Waals surface area contributed by atoms with Crippen molar-refractivity contribution in [1.29, 1.82) is 0 Å². The smallest absolute Gasteiger partial charge is 0.0462 e. The number of benzene rings is 7. The minimum absolute atomic E-state index is 0.0261. The molecule has 1 spiro atoms. The minimum Gasteiger partial charge on any atom is -0.311 e. The van der Waals surface area contributed by atoms with Crippen LogP contribution in [0.1, 0.15) is 43.7 Å². The Morgan fingerprint density at radius 2 is 0.962 bits per heavy atom. The molecule has 7 aromatic rings. The lowest BCUT2D eigenvalue weighted by Gasteiger charge is -2.45. The molecule has 0 saturated heterocycles. The van der Waals surface area contributed by atoms with Gasteiger partial charge in [0.15, 0.2) is 0 Å². The summed E-state index contributed by atoms with van der Waals surface area (Å²) in [6.45, 7) is 2.42. The van der Waals surface area contributed by atoms with Crippen molar-refractivity contribution in [1.82, 2.24) is 0 Å². The first kappa shape index (κ1) is 31.8. The van der Waals surface area contributed by atoms with Crippen LogP contribution in [-0.4, -0.2) is 0 Å². The first-order chi connectivity index (χ1) is 26.2. The van der Waals surface area contributed by atoms with Gasteiger partial charge in [0.1, 0.15) is 0 Å². The van der Waals surface area contributed by atoms with Gasteiger partial charge in [-0.05, 0) is 130 Å². The summed E-state index contributed by atoms with van der Waals surface area (Å²) >= 11 is 0. The van der Waals surface area contributed by atoms with Crippen molar-refractivity contribution in [3.05, 3.63) is 199 Å². The van der Waals surface area contributed by atoms with Gasteiger partial charge in [-0.3, -0.25) is 0 Å². The number of fused-ring (bicyclic) bond motifs is 8. The maximum atomic E-state index is 2.63. The van der Waals surface area contributed by atoms with E-state index < -0.39 is 0 Å². The Kier molecular flexibility index (Phi) is 7.76. The van der Waals surface area contributed by atoms with E-state index in [9.17, 15) is 0 Å². The summed E-state index contributed by atoms with van der Waals surface area (Å²) in [7, 11) is 0. The molecule has 3 unspecified atom stereocenters. The molecule has 1 heteroatoms. The quantitative estimate of drug-likeness (QED) is 0.158. The van der Waals surface area contributed by atoms with Crippen LogP contribution in [0.25, 0.3) is 44.5 Å². The second-order valence-corrected chi connectivity index (χ2v) is 15.4. The van der Waals surface area contributed by atoms with E-state index in [1.807, 2.05) is 0 Å². The molecule has 3 aliphatic carbocycles. The van der Waals surface area contributed by atoms with Gasteiger partial charge in [0.25, 0.3) is 0 Å². The van der Waals surface area contributed by atoms with E-state index in [2.05, 4.69) is 194 Å². The molecule has 3 atom stereocenters. The Hall–Kier alpha value is -5.92. The van der Waals surface area contributed by atoms with E-state index in [1.54, 1.807) is 5.57 Å². The molecule has 1 fully saturated rings. The first-order valence-electron chi connectivity index (χ1n) is 19.3. The van der Waals surface area contributed by atoms with E-state index >= 15 is 0 Å². The standard InChI is InChI=1S/C52H43N/c1-36-33-37-31-32-52(43(34-36)35-37)49-17-9-8-15-48(49)51-47(16-10-18-50(51)52)42-25-23-40(24-26-42)38-19-21-39(22-20-38)41-27-29-46(30-28-41)53(44-11-4-2-5-12-44)45-13-6-3-7-14-45/h2-30,34,36-37H,31-33,35H2,1H3. The van der Waals surface area contributed by atoms with E-state index in [1.165, 1.54) is 81.3 Å². The van der Waals surface area contributed by atoms with Crippen molar-refractivity contribution >= 4 is 17.1 Å². The minimum atomic E-state index is 0.0261. The lowest BCUT2D eigenvalue weighted by atomic mass is 9.58. The van der Waals surface area contributed by atoms with Crippen molar-refractivity contribution in [2.24, 2.45) is 11.8 Å². The zero-order chi connectivity index (χ0) is 35.4. The Labute approximate surface area is 313 Å². The van der Waals surface area contributed by atoms with Gasteiger partial charge in [0.2, 0.25) is 0 Å². The van der Waals surface area contributed by atoms with Gasteiger partial charge in [-0.1, -0.05) is 158 Å². The first-order valence-corrected chi connectivity index (χ1v) is 19.3. The fourth-order valence-corrected chi connectivity index (χ4v) is 9.89. The average Bonchev–Trinajstić information content (AvgIpc) is 3.51. The summed E-state index contributed by atoms with van der Waals surface area (Å²) in [6, 6.07) is 64.7. The van der Waals surface area contributed by atoms with Crippen LogP contribution in [0.4, 0.5) is 17.1 Å². The molecule has 0 aromatic heterocycles. The third-order valence-corrected chi connectivity index (χ3v) is 12.3. The number of anilines is 3. The van der Waals surface area contributed by atoms with E-state index in [0.717, 1.165) is 23.0 Å². The van der Waals surface area contributed by atoms with Crippen LogP contribution in [-0.2, 0) is 5.41 Å². The zero-order valence-corrected chi connectivity index (χ0v) is 30.3. The third kappa shape index (κ3) is 5.37. The second kappa shape index (κ2) is 12.9. The Balaban J connectivity index is 0.933. The normalized spacial score (nSPS) is 19.7. The summed E-state index contributed by atoms with van der Waals surface area (Å²) in [6.07, 6.45) is 7.78. The van der Waals surface area contributed by atoms with Crippen LogP contribution in [0.2, 0.25) is 0 Å². The molecular formula is C52H43N. The van der Waals surface area contributed by atoms with Gasteiger partial charge in [0.05, 0.1) is 0 Å². The van der Waals surface area contributed by atoms with Gasteiger partial charge in [0, 0.05) is 22.5 Å². The summed E-state index contributed by atoms with van der Waals surface area (Å²) in [4.78, 5) is 2.30. The van der Waals surface area contributed by atoms with E-state index in [-0.39, 0.29) is 5.41 Å². The molecule has 2 bridgehead atoms. The van der Waals surface area contributed by atoms with Crippen molar-refractivity contribution in [3.63, 3.8) is 0 Å². The SMILES string of the molecule is CC1C=C2CC(CCC23c2ccccc2-c2c(-c4ccc(-c5ccc(-c6ccc(N(c7ccccc7)c7ccccc7)cc6)cc5)cc4)cccc23)C1. The second-order valence-electron chi connectivity index (χ2n) is 15.4. The van der Waals surface area contributed by atoms with Crippen molar-refractivity contribution in [3.8, 4) is 44.5 Å². The van der Waals surface area contributed by atoms with Crippen molar-refractivity contribution in [2.45, 2.75) is 38.0 Å². The topological polar surface area (TPSA) is 3.24 Å². The van der Waals surface area contributed by atoms with Crippen LogP contribution >= 0.6 is 0 Å². The maximum absolute atomic E-state index is 2.63. The number of para-hydroxylation sites is 2. The van der Waals surface area contributed by atoms with Gasteiger partial charge >= 0.3 is 0 Å². The monoisotopic (exact) mass is 681 g/mol. The highest BCUT2D eigenvalue weighted by molar-refractivity contribution is 5.94. The molecule has 0 amide bonds. The van der Waals surface area contributed by atoms with E-state index in [0.29, 0.717) is 5.92 Å². The van der Waals surface area contributed by atoms with Crippen LogP contribution in [0, 0.1) is 11.8 Å². The van der Waals surface area contributed by atoms with Crippen LogP contribution < -0.4 is 4.90 Å². The summed E-state index contributed by atoms with van der Waals surface area (Å²) in [5, 5.41) is 0. The number of allylic oxidation sites excluding steroid dienone is 2. The number of hydrogen-bond acceptors (Lipinski definition) is 1. The van der Waals surface area contributed by atoms with Gasteiger partial charge in [-0.2, -0.15) is 0 Å². The molecular weight excluding hydrogens is 639 g/mol. The Morgan fingerprint density at radius 3 is 1.58 bits per heavy atom. The predicted molar refractivity (Wildman–Crippen MR) is 223 cm³/mol. The highest BCUT2D eigenvalue weighted by atomic mass is 15.1. The Bertz CT molecular complexity index is 2400. The summed E-state index contributed by atoms with van der Waals surface area (Å²) < 4.78 is 0. The lowest BCUT2D eigenvalue weighted by molar-refractivity contribution is 0.284. The molecule has 0 N–H and O–H groups in total. The summed E-state index contributed by atoms with van der Waals surface area (Å²) in [5.74, 6) is 1.51. The number of rotatable bonds is 6. The van der Waals surface area contributed by atoms with Crippen molar-refractivity contribution < 1.29 is 0 Å². The summed E-state index contributed by atoms with van der Waals surface area (Å²) in [5.41, 5.74) is 18.6. The van der Waals surface area contributed by atoms with E-state index in [4.69, 9.17) is 0 Å². The molecule has 0 heterocycles. The number of hydrogen-bond donors (Lipinski definition) is 0. The predicted octanol–water partition coefficient (Wildman–Crippen LogP) is 14.2. The molecule has 0 radical (unpaired) electrons. The molecule has 10 rings (SSSR count). The molecule has 256 valence electrons. The maximum Gasteiger partial charge on any atom is 0.0462 e. The lowest BCUT2D eigenvalue weighted by Crippen LogP contribution is -2.36. The Morgan fingerprint density at radius 1 is 0.472 bits per heavy atom. The van der Waals surface area contributed by atoms with Crippen LogP contribution in [0.5, 0.6) is 0 Å². The molecule has 3 aliphatic rings. The van der Waals surface area contributed by atoms with Crippen LogP contribution in [0.3, 0.4) is 0 Å². The molecule has 7 aromatic carbocycles.